The fourth-order valence-electron chi connectivity index (χ4n) is 1.83. The van der Waals surface area contributed by atoms with Crippen molar-refractivity contribution in [2.75, 3.05) is 33.5 Å². The summed E-state index contributed by atoms with van der Waals surface area (Å²) in [7, 11) is 1.66. The molecule has 0 saturated heterocycles. The van der Waals surface area contributed by atoms with Gasteiger partial charge in [-0.2, -0.15) is 0 Å². The van der Waals surface area contributed by atoms with Gasteiger partial charge in [0, 0.05) is 32.0 Å². The van der Waals surface area contributed by atoms with E-state index < -0.39 is 12.1 Å². The number of rotatable bonds is 13. The van der Waals surface area contributed by atoms with Gasteiger partial charge in [-0.05, 0) is 37.1 Å². The second-order valence-electron chi connectivity index (χ2n) is 5.04. The highest BCUT2D eigenvalue weighted by Gasteiger charge is 2.14. The van der Waals surface area contributed by atoms with Gasteiger partial charge in [-0.15, -0.1) is 0 Å². The largest absolute Gasteiger partial charge is 0.490 e. The topological polar surface area (TPSA) is 71.1 Å². The lowest BCUT2D eigenvalue weighted by atomic mass is 10.2. The summed E-state index contributed by atoms with van der Waals surface area (Å²) in [6, 6.07) is 6.67. The molecule has 0 radical (unpaired) electrons. The van der Waals surface area contributed by atoms with Crippen molar-refractivity contribution in [1.29, 1.82) is 0 Å². The standard InChI is InChI=1S/C18H24O6/c1-3-18(20)24-17(13-22-11-5-4-10-21-2)14-23-16-8-6-15(12-19)7-9-16/h3,6-9,12,17H,1,4-5,10-11,13-14H2,2H3. The number of methoxy groups -OCH3 is 1. The molecular weight excluding hydrogens is 312 g/mol. The molecule has 0 fully saturated rings. The lowest BCUT2D eigenvalue weighted by Crippen LogP contribution is -2.29. The van der Waals surface area contributed by atoms with Gasteiger partial charge in [-0.1, -0.05) is 6.58 Å². The van der Waals surface area contributed by atoms with E-state index in [1.165, 1.54) is 0 Å². The second kappa shape index (κ2) is 12.3. The highest BCUT2D eigenvalue weighted by molar-refractivity contribution is 5.81. The van der Waals surface area contributed by atoms with Crippen LogP contribution in [0.25, 0.3) is 0 Å². The van der Waals surface area contributed by atoms with Gasteiger partial charge in [0.1, 0.15) is 18.6 Å². The number of aldehydes is 1. The van der Waals surface area contributed by atoms with Crippen molar-refractivity contribution in [3.63, 3.8) is 0 Å². The lowest BCUT2D eigenvalue weighted by molar-refractivity contribution is -0.148. The molecule has 0 bridgehead atoms. The minimum absolute atomic E-state index is 0.151. The van der Waals surface area contributed by atoms with Gasteiger partial charge in [-0.3, -0.25) is 4.79 Å². The molecular formula is C18H24O6. The Morgan fingerprint density at radius 1 is 1.17 bits per heavy atom. The summed E-state index contributed by atoms with van der Waals surface area (Å²) in [4.78, 5) is 22.0. The number of hydrogen-bond acceptors (Lipinski definition) is 6. The zero-order valence-electron chi connectivity index (χ0n) is 13.9. The number of ether oxygens (including phenoxy) is 4. The highest BCUT2D eigenvalue weighted by Crippen LogP contribution is 2.12. The van der Waals surface area contributed by atoms with E-state index in [1.807, 2.05) is 0 Å². The van der Waals surface area contributed by atoms with Crippen LogP contribution in [0.5, 0.6) is 5.75 Å². The van der Waals surface area contributed by atoms with E-state index in [4.69, 9.17) is 18.9 Å². The van der Waals surface area contributed by atoms with E-state index in [-0.39, 0.29) is 13.2 Å². The van der Waals surface area contributed by atoms with Crippen LogP contribution in [0.15, 0.2) is 36.9 Å². The van der Waals surface area contributed by atoms with Crippen molar-refractivity contribution < 1.29 is 28.5 Å². The molecule has 1 atom stereocenters. The Bertz CT molecular complexity index is 497. The normalized spacial score (nSPS) is 11.5. The Kier molecular flexibility index (Phi) is 10.2. The zero-order valence-corrected chi connectivity index (χ0v) is 13.9. The van der Waals surface area contributed by atoms with Crippen LogP contribution in [0.1, 0.15) is 23.2 Å². The van der Waals surface area contributed by atoms with Gasteiger partial charge in [0.15, 0.2) is 6.10 Å². The van der Waals surface area contributed by atoms with Crippen LogP contribution in [-0.2, 0) is 19.0 Å². The molecule has 24 heavy (non-hydrogen) atoms. The van der Waals surface area contributed by atoms with Gasteiger partial charge in [0.25, 0.3) is 0 Å². The zero-order chi connectivity index (χ0) is 17.6. The molecule has 0 amide bonds. The first kappa shape index (κ1) is 19.9. The Hall–Kier alpha value is -2.18. The third kappa shape index (κ3) is 8.45. The molecule has 0 aliphatic heterocycles. The first-order valence-corrected chi connectivity index (χ1v) is 7.77. The maximum atomic E-state index is 11.4. The molecule has 0 spiro atoms. The van der Waals surface area contributed by atoms with E-state index >= 15 is 0 Å². The molecule has 0 heterocycles. The summed E-state index contributed by atoms with van der Waals surface area (Å²) in [6.07, 6.45) is 3.10. The molecule has 1 aromatic carbocycles. The number of hydrogen-bond donors (Lipinski definition) is 0. The first-order valence-electron chi connectivity index (χ1n) is 7.77. The number of esters is 1. The van der Waals surface area contributed by atoms with E-state index in [0.29, 0.717) is 24.5 Å². The van der Waals surface area contributed by atoms with E-state index in [9.17, 15) is 9.59 Å². The Morgan fingerprint density at radius 2 is 1.88 bits per heavy atom. The highest BCUT2D eigenvalue weighted by atomic mass is 16.6. The third-order valence-electron chi connectivity index (χ3n) is 3.09. The summed E-state index contributed by atoms with van der Waals surface area (Å²) >= 11 is 0. The van der Waals surface area contributed by atoms with E-state index in [1.54, 1.807) is 31.4 Å². The maximum absolute atomic E-state index is 11.4. The van der Waals surface area contributed by atoms with Crippen LogP contribution >= 0.6 is 0 Å². The summed E-state index contributed by atoms with van der Waals surface area (Å²) in [6.45, 7) is 5.01. The number of carbonyl (C=O) groups is 2. The summed E-state index contributed by atoms with van der Waals surface area (Å²) in [5, 5.41) is 0. The van der Waals surface area contributed by atoms with E-state index in [0.717, 1.165) is 25.2 Å². The minimum Gasteiger partial charge on any atom is -0.490 e. The Morgan fingerprint density at radius 3 is 2.50 bits per heavy atom. The van der Waals surface area contributed by atoms with Gasteiger partial charge in [0.05, 0.1) is 6.61 Å². The lowest BCUT2D eigenvalue weighted by Gasteiger charge is -2.18. The van der Waals surface area contributed by atoms with Gasteiger partial charge < -0.3 is 18.9 Å². The predicted molar refractivity (Wildman–Crippen MR) is 89.3 cm³/mol. The first-order chi connectivity index (χ1) is 11.7. The fourth-order valence-corrected chi connectivity index (χ4v) is 1.83. The number of unbranched alkanes of at least 4 members (excludes halogenated alkanes) is 1. The SMILES string of the molecule is C=CC(=O)OC(COCCCCOC)COc1ccc(C=O)cc1. The smallest absolute Gasteiger partial charge is 0.330 e. The van der Waals surface area contributed by atoms with Crippen LogP contribution in [0, 0.1) is 0 Å². The van der Waals surface area contributed by atoms with Crippen molar-refractivity contribution in [1.82, 2.24) is 0 Å². The van der Waals surface area contributed by atoms with Crippen LogP contribution in [0.4, 0.5) is 0 Å². The van der Waals surface area contributed by atoms with Gasteiger partial charge >= 0.3 is 5.97 Å². The molecule has 0 aliphatic rings. The van der Waals surface area contributed by atoms with Crippen LogP contribution in [0.3, 0.4) is 0 Å². The third-order valence-corrected chi connectivity index (χ3v) is 3.09. The van der Waals surface area contributed by atoms with Crippen molar-refractivity contribution >= 4 is 12.3 Å². The Labute approximate surface area is 142 Å². The van der Waals surface area contributed by atoms with Crippen LogP contribution in [-0.4, -0.2) is 51.9 Å². The summed E-state index contributed by atoms with van der Waals surface area (Å²) in [5.41, 5.74) is 0.566. The Balaban J connectivity index is 2.41. The molecule has 0 aliphatic carbocycles. The van der Waals surface area contributed by atoms with Crippen molar-refractivity contribution in [2.45, 2.75) is 18.9 Å². The average molecular weight is 336 g/mol. The minimum atomic E-state index is -0.538. The van der Waals surface area contributed by atoms with E-state index in [2.05, 4.69) is 6.58 Å². The molecule has 6 heteroatoms. The molecule has 1 rings (SSSR count). The van der Waals surface area contributed by atoms with Crippen LogP contribution in [0.2, 0.25) is 0 Å². The molecule has 6 nitrogen and oxygen atoms in total. The average Bonchev–Trinajstić information content (AvgIpc) is 2.62. The molecule has 132 valence electrons. The maximum Gasteiger partial charge on any atom is 0.330 e. The van der Waals surface area contributed by atoms with Gasteiger partial charge in [0.2, 0.25) is 0 Å². The fraction of sp³-hybridized carbons (Fsp3) is 0.444. The molecule has 0 aromatic heterocycles. The predicted octanol–water partition coefficient (Wildman–Crippen LogP) is 2.42. The summed E-state index contributed by atoms with van der Waals surface area (Å²) in [5.74, 6) is 0.0585. The molecule has 0 saturated carbocycles. The number of benzene rings is 1. The second-order valence-corrected chi connectivity index (χ2v) is 5.04. The van der Waals surface area contributed by atoms with Crippen molar-refractivity contribution in [2.24, 2.45) is 0 Å². The molecule has 1 aromatic rings. The monoisotopic (exact) mass is 336 g/mol. The van der Waals surface area contributed by atoms with Crippen molar-refractivity contribution in [3.05, 3.63) is 42.5 Å². The molecule has 1 unspecified atom stereocenters. The number of carbonyl (C=O) groups excluding carboxylic acids is 2. The summed E-state index contributed by atoms with van der Waals surface area (Å²) < 4.78 is 21.3. The van der Waals surface area contributed by atoms with Crippen molar-refractivity contribution in [3.8, 4) is 5.75 Å². The van der Waals surface area contributed by atoms with Crippen LogP contribution < -0.4 is 4.74 Å². The molecule has 0 N–H and O–H groups in total. The van der Waals surface area contributed by atoms with Gasteiger partial charge in [-0.25, -0.2) is 4.79 Å². The quantitative estimate of drug-likeness (QED) is 0.238.